The maximum atomic E-state index is 11.9. The van der Waals surface area contributed by atoms with Crippen molar-refractivity contribution in [1.29, 1.82) is 0 Å². The molecule has 0 radical (unpaired) electrons. The lowest BCUT2D eigenvalue weighted by molar-refractivity contribution is -0.146. The maximum Gasteiger partial charge on any atom is 0.308 e. The van der Waals surface area contributed by atoms with Crippen LogP contribution in [0.1, 0.15) is 19.3 Å². The van der Waals surface area contributed by atoms with Crippen LogP contribution in [0.2, 0.25) is 0 Å². The van der Waals surface area contributed by atoms with E-state index in [-0.39, 0.29) is 12.5 Å². The van der Waals surface area contributed by atoms with Crippen LogP contribution in [0.4, 0.5) is 0 Å². The Kier molecular flexibility index (Phi) is 5.37. The molecule has 0 saturated carbocycles. The van der Waals surface area contributed by atoms with Crippen molar-refractivity contribution in [3.8, 4) is 0 Å². The van der Waals surface area contributed by atoms with Crippen molar-refractivity contribution < 1.29 is 19.4 Å². The Labute approximate surface area is 101 Å². The second-order valence-electron chi connectivity index (χ2n) is 4.35. The largest absolute Gasteiger partial charge is 0.481 e. The zero-order chi connectivity index (χ0) is 12.8. The summed E-state index contributed by atoms with van der Waals surface area (Å²) in [6.45, 7) is 1.31. The fourth-order valence-electron chi connectivity index (χ4n) is 1.98. The van der Waals surface area contributed by atoms with Gasteiger partial charge in [0.15, 0.2) is 0 Å². The number of nitrogens with zero attached hydrogens (tertiary/aromatic N) is 1. The number of methoxy groups -OCH3 is 1. The molecule has 1 saturated heterocycles. The molecule has 17 heavy (non-hydrogen) atoms. The van der Waals surface area contributed by atoms with Gasteiger partial charge in [-0.25, -0.2) is 0 Å². The molecule has 0 bridgehead atoms. The van der Waals surface area contributed by atoms with E-state index in [9.17, 15) is 9.59 Å². The van der Waals surface area contributed by atoms with Gasteiger partial charge in [0.25, 0.3) is 0 Å². The Morgan fingerprint density at radius 3 is 2.88 bits per heavy atom. The van der Waals surface area contributed by atoms with Crippen LogP contribution in [0.25, 0.3) is 0 Å². The third kappa shape index (κ3) is 3.98. The number of carbonyl (C=O) groups excluding carboxylic acids is 1. The number of rotatable bonds is 5. The summed E-state index contributed by atoms with van der Waals surface area (Å²) in [6, 6.07) is -0.595. The van der Waals surface area contributed by atoms with E-state index in [1.807, 2.05) is 0 Å². The smallest absolute Gasteiger partial charge is 0.308 e. The van der Waals surface area contributed by atoms with Crippen LogP contribution in [0.15, 0.2) is 0 Å². The monoisotopic (exact) mass is 244 g/mol. The predicted octanol–water partition coefficient (Wildman–Crippen LogP) is -0.327. The second-order valence-corrected chi connectivity index (χ2v) is 4.35. The van der Waals surface area contributed by atoms with Crippen molar-refractivity contribution in [2.75, 3.05) is 26.8 Å². The van der Waals surface area contributed by atoms with Gasteiger partial charge in [0.1, 0.15) is 0 Å². The Morgan fingerprint density at radius 1 is 1.59 bits per heavy atom. The van der Waals surface area contributed by atoms with Crippen molar-refractivity contribution in [1.82, 2.24) is 4.90 Å². The molecule has 2 atom stereocenters. The van der Waals surface area contributed by atoms with E-state index in [1.54, 1.807) is 12.0 Å². The van der Waals surface area contributed by atoms with Gasteiger partial charge in [-0.1, -0.05) is 0 Å². The first kappa shape index (κ1) is 13.9. The highest BCUT2D eigenvalue weighted by Gasteiger charge is 2.30. The summed E-state index contributed by atoms with van der Waals surface area (Å²) in [7, 11) is 1.55. The molecule has 98 valence electrons. The summed E-state index contributed by atoms with van der Waals surface area (Å²) in [5.74, 6) is -1.47. The van der Waals surface area contributed by atoms with Gasteiger partial charge >= 0.3 is 5.97 Å². The lowest BCUT2D eigenvalue weighted by Gasteiger charge is -2.32. The first-order chi connectivity index (χ1) is 8.06. The minimum Gasteiger partial charge on any atom is -0.481 e. The molecule has 1 aliphatic rings. The van der Waals surface area contributed by atoms with Crippen LogP contribution < -0.4 is 5.73 Å². The molecule has 6 heteroatoms. The number of ether oxygens (including phenoxy) is 1. The number of piperidine rings is 1. The first-order valence-electron chi connectivity index (χ1n) is 5.82. The molecule has 1 heterocycles. The number of nitrogens with two attached hydrogens (primary N) is 1. The molecule has 1 aliphatic heterocycles. The number of hydrogen-bond acceptors (Lipinski definition) is 4. The molecule has 1 rings (SSSR count). The van der Waals surface area contributed by atoms with Gasteiger partial charge in [0, 0.05) is 26.8 Å². The summed E-state index contributed by atoms with van der Waals surface area (Å²) in [5.41, 5.74) is 5.74. The van der Waals surface area contributed by atoms with Crippen LogP contribution in [-0.4, -0.2) is 54.7 Å². The molecule has 3 N–H and O–H groups in total. The van der Waals surface area contributed by atoms with E-state index in [0.29, 0.717) is 26.0 Å². The lowest BCUT2D eigenvalue weighted by Crippen LogP contribution is -2.49. The molecule has 0 aromatic carbocycles. The minimum absolute atomic E-state index is 0.173. The van der Waals surface area contributed by atoms with E-state index >= 15 is 0 Å². The van der Waals surface area contributed by atoms with E-state index in [2.05, 4.69) is 0 Å². The number of hydrogen-bond donors (Lipinski definition) is 2. The van der Waals surface area contributed by atoms with Crippen molar-refractivity contribution in [3.63, 3.8) is 0 Å². The average Bonchev–Trinajstić information content (AvgIpc) is 2.35. The van der Waals surface area contributed by atoms with E-state index in [0.717, 1.165) is 6.42 Å². The number of carboxylic acid groups (broad SMARTS) is 1. The van der Waals surface area contributed by atoms with Crippen molar-refractivity contribution in [3.05, 3.63) is 0 Å². The molecule has 0 spiro atoms. The Hall–Kier alpha value is -1.14. The molecule has 0 aromatic heterocycles. The minimum atomic E-state index is -0.840. The summed E-state index contributed by atoms with van der Waals surface area (Å²) in [6.07, 6.45) is 1.82. The van der Waals surface area contributed by atoms with Crippen LogP contribution in [-0.2, 0) is 14.3 Å². The zero-order valence-electron chi connectivity index (χ0n) is 10.1. The Morgan fingerprint density at radius 2 is 2.29 bits per heavy atom. The molecular formula is C11H20N2O4. The first-order valence-corrected chi connectivity index (χ1v) is 5.82. The van der Waals surface area contributed by atoms with Gasteiger partial charge in [-0.2, -0.15) is 0 Å². The highest BCUT2D eigenvalue weighted by Crippen LogP contribution is 2.17. The molecule has 1 amide bonds. The second kappa shape index (κ2) is 6.56. The van der Waals surface area contributed by atoms with E-state index in [1.165, 1.54) is 0 Å². The summed E-state index contributed by atoms with van der Waals surface area (Å²) in [5, 5.41) is 8.93. The lowest BCUT2D eigenvalue weighted by atomic mass is 9.97. The molecule has 0 aromatic rings. The Balaban J connectivity index is 2.48. The van der Waals surface area contributed by atoms with Crippen molar-refractivity contribution in [2.45, 2.75) is 25.3 Å². The van der Waals surface area contributed by atoms with Crippen molar-refractivity contribution in [2.24, 2.45) is 11.7 Å². The molecule has 1 unspecified atom stereocenters. The highest BCUT2D eigenvalue weighted by molar-refractivity contribution is 5.82. The van der Waals surface area contributed by atoms with Gasteiger partial charge in [-0.15, -0.1) is 0 Å². The summed E-state index contributed by atoms with van der Waals surface area (Å²) < 4.78 is 4.86. The molecular weight excluding hydrogens is 224 g/mol. The standard InChI is InChI=1S/C11H20N2O4/c1-17-6-4-9(12)10(14)13-5-2-3-8(7-13)11(15)16/h8-9H,2-7,12H2,1H3,(H,15,16)/t8-,9?/m1/s1. The van der Waals surface area contributed by atoms with Gasteiger partial charge in [-0.05, 0) is 19.3 Å². The number of carbonyl (C=O) groups is 2. The summed E-state index contributed by atoms with van der Waals surface area (Å²) in [4.78, 5) is 24.4. The van der Waals surface area contributed by atoms with Crippen LogP contribution in [0, 0.1) is 5.92 Å². The summed E-state index contributed by atoms with van der Waals surface area (Å²) >= 11 is 0. The van der Waals surface area contributed by atoms with Gasteiger partial charge in [-0.3, -0.25) is 9.59 Å². The number of likely N-dealkylation sites (tertiary alicyclic amines) is 1. The van der Waals surface area contributed by atoms with Gasteiger partial charge in [0.05, 0.1) is 12.0 Å². The number of aliphatic carboxylic acids is 1. The number of carboxylic acids is 1. The molecule has 0 aliphatic carbocycles. The molecule has 6 nitrogen and oxygen atoms in total. The predicted molar refractivity (Wildman–Crippen MR) is 61.4 cm³/mol. The van der Waals surface area contributed by atoms with E-state index in [4.69, 9.17) is 15.6 Å². The van der Waals surface area contributed by atoms with Gasteiger partial charge in [0.2, 0.25) is 5.91 Å². The maximum absolute atomic E-state index is 11.9. The fourth-order valence-corrected chi connectivity index (χ4v) is 1.98. The van der Waals surface area contributed by atoms with Crippen LogP contribution >= 0.6 is 0 Å². The Bertz CT molecular complexity index is 283. The van der Waals surface area contributed by atoms with Gasteiger partial charge < -0.3 is 20.5 Å². The average molecular weight is 244 g/mol. The van der Waals surface area contributed by atoms with E-state index < -0.39 is 17.9 Å². The van der Waals surface area contributed by atoms with Crippen molar-refractivity contribution >= 4 is 11.9 Å². The normalized spacial score (nSPS) is 22.2. The highest BCUT2D eigenvalue weighted by atomic mass is 16.5. The zero-order valence-corrected chi connectivity index (χ0v) is 10.1. The SMILES string of the molecule is COCCC(N)C(=O)N1CCC[C@@H](C(=O)O)C1. The fraction of sp³-hybridized carbons (Fsp3) is 0.818. The quantitative estimate of drug-likeness (QED) is 0.691. The third-order valence-electron chi connectivity index (χ3n) is 3.03. The topological polar surface area (TPSA) is 92.9 Å². The third-order valence-corrected chi connectivity index (χ3v) is 3.03. The van der Waals surface area contributed by atoms with Crippen LogP contribution in [0.3, 0.4) is 0 Å². The molecule has 1 fully saturated rings. The van der Waals surface area contributed by atoms with Crippen LogP contribution in [0.5, 0.6) is 0 Å². The number of amides is 1.